The van der Waals surface area contributed by atoms with Crippen LogP contribution in [0.4, 0.5) is 0 Å². The molecule has 0 fully saturated rings. The zero-order valence-corrected chi connectivity index (χ0v) is 14.3. The number of nitrogens with one attached hydrogen (secondary N) is 1. The molecule has 0 heterocycles. The lowest BCUT2D eigenvalue weighted by Crippen LogP contribution is -2.24. The third-order valence-corrected chi connectivity index (χ3v) is 4.76. The Hall–Kier alpha value is -0.870. The molecule has 1 N–H and O–H groups in total. The third kappa shape index (κ3) is 4.91. The van der Waals surface area contributed by atoms with Crippen LogP contribution in [0.2, 0.25) is 0 Å². The van der Waals surface area contributed by atoms with Gasteiger partial charge in [-0.15, -0.1) is 0 Å². The zero-order valence-electron chi connectivity index (χ0n) is 13.4. The van der Waals surface area contributed by atoms with Gasteiger partial charge in [-0.1, -0.05) is 32.9 Å². The van der Waals surface area contributed by atoms with E-state index in [0.717, 1.165) is 24.1 Å². The number of benzene rings is 1. The molecule has 0 aliphatic carbocycles. The zero-order chi connectivity index (χ0) is 15.6. The molecule has 1 atom stereocenters. The van der Waals surface area contributed by atoms with Crippen molar-refractivity contribution < 1.29 is 8.42 Å². The highest BCUT2D eigenvalue weighted by atomic mass is 32.2. The summed E-state index contributed by atoms with van der Waals surface area (Å²) >= 11 is 0. The van der Waals surface area contributed by atoms with Gasteiger partial charge in [0.1, 0.15) is 0 Å². The molecular formula is C16H27NO2S. The first-order valence-electron chi connectivity index (χ1n) is 7.05. The molecule has 0 bridgehead atoms. The van der Waals surface area contributed by atoms with Gasteiger partial charge in [-0.2, -0.15) is 0 Å². The minimum Gasteiger partial charge on any atom is -0.310 e. The van der Waals surface area contributed by atoms with Crippen molar-refractivity contribution in [3.8, 4) is 0 Å². The van der Waals surface area contributed by atoms with E-state index in [1.807, 2.05) is 19.1 Å². The number of hydrogen-bond donors (Lipinski definition) is 1. The molecule has 4 heteroatoms. The van der Waals surface area contributed by atoms with Gasteiger partial charge < -0.3 is 5.32 Å². The quantitative estimate of drug-likeness (QED) is 0.905. The van der Waals surface area contributed by atoms with Gasteiger partial charge in [0, 0.05) is 12.3 Å². The second kappa shape index (κ2) is 6.27. The molecule has 0 amide bonds. The molecular weight excluding hydrogens is 270 g/mol. The average molecular weight is 297 g/mol. The van der Waals surface area contributed by atoms with Crippen LogP contribution in [0.15, 0.2) is 23.1 Å². The van der Waals surface area contributed by atoms with E-state index in [1.165, 1.54) is 6.26 Å². The summed E-state index contributed by atoms with van der Waals surface area (Å²) in [4.78, 5) is 0.430. The Balaban J connectivity index is 2.87. The van der Waals surface area contributed by atoms with Gasteiger partial charge in [-0.05, 0) is 49.4 Å². The number of hydrogen-bond acceptors (Lipinski definition) is 3. The first-order valence-corrected chi connectivity index (χ1v) is 8.94. The van der Waals surface area contributed by atoms with Crippen molar-refractivity contribution in [1.29, 1.82) is 0 Å². The molecule has 114 valence electrons. The van der Waals surface area contributed by atoms with Gasteiger partial charge in [0.25, 0.3) is 0 Å². The molecule has 0 saturated carbocycles. The van der Waals surface area contributed by atoms with Crippen molar-refractivity contribution in [2.45, 2.75) is 52.0 Å². The Bertz CT molecular complexity index is 556. The predicted molar refractivity (Wildman–Crippen MR) is 84.8 cm³/mol. The molecule has 0 saturated heterocycles. The van der Waals surface area contributed by atoms with Crippen LogP contribution in [0.1, 0.15) is 51.3 Å². The maximum atomic E-state index is 11.8. The maximum Gasteiger partial charge on any atom is 0.175 e. The summed E-state index contributed by atoms with van der Waals surface area (Å²) in [5.74, 6) is 0. The lowest BCUT2D eigenvalue weighted by Gasteiger charge is -2.22. The molecule has 0 spiro atoms. The Morgan fingerprint density at radius 3 is 2.35 bits per heavy atom. The van der Waals surface area contributed by atoms with Gasteiger partial charge >= 0.3 is 0 Å². The number of rotatable bonds is 5. The van der Waals surface area contributed by atoms with E-state index in [1.54, 1.807) is 6.07 Å². The van der Waals surface area contributed by atoms with Crippen molar-refractivity contribution in [3.63, 3.8) is 0 Å². The average Bonchev–Trinajstić information content (AvgIpc) is 2.25. The predicted octanol–water partition coefficient (Wildman–Crippen LogP) is 3.49. The summed E-state index contributed by atoms with van der Waals surface area (Å²) in [5.41, 5.74) is 2.21. The molecule has 0 unspecified atom stereocenters. The summed E-state index contributed by atoms with van der Waals surface area (Å²) in [6.45, 7) is 11.5. The third-order valence-electron chi connectivity index (χ3n) is 3.52. The fourth-order valence-electron chi connectivity index (χ4n) is 2.28. The first kappa shape index (κ1) is 17.2. The maximum absolute atomic E-state index is 11.8. The minimum atomic E-state index is -3.16. The van der Waals surface area contributed by atoms with E-state index in [0.29, 0.717) is 10.3 Å². The summed E-state index contributed by atoms with van der Waals surface area (Å²) < 4.78 is 23.5. The van der Waals surface area contributed by atoms with Crippen LogP contribution in [0.25, 0.3) is 0 Å². The van der Waals surface area contributed by atoms with Gasteiger partial charge in [-0.3, -0.25) is 0 Å². The molecule has 0 aliphatic heterocycles. The molecule has 1 aromatic rings. The van der Waals surface area contributed by atoms with Crippen LogP contribution in [0, 0.1) is 12.3 Å². The van der Waals surface area contributed by atoms with Crippen molar-refractivity contribution in [2.75, 3.05) is 12.8 Å². The van der Waals surface area contributed by atoms with Gasteiger partial charge in [0.15, 0.2) is 9.84 Å². The van der Waals surface area contributed by atoms with E-state index < -0.39 is 9.84 Å². The van der Waals surface area contributed by atoms with Crippen LogP contribution in [-0.2, 0) is 9.84 Å². The molecule has 0 radical (unpaired) electrons. The highest BCUT2D eigenvalue weighted by molar-refractivity contribution is 7.90. The Labute approximate surface area is 123 Å². The first-order chi connectivity index (χ1) is 9.02. The lowest BCUT2D eigenvalue weighted by molar-refractivity contribution is 0.358. The summed E-state index contributed by atoms with van der Waals surface area (Å²) in [7, 11) is -3.16. The standard InChI is InChI=1S/C16H27NO2S/c1-12-14(8-7-9-15(12)20(6,18)19)13(2)17-11-10-16(3,4)5/h7-9,13,17H,10-11H2,1-6H3/t13-/m1/s1. The van der Waals surface area contributed by atoms with E-state index in [9.17, 15) is 8.42 Å². The van der Waals surface area contributed by atoms with Gasteiger partial charge in [-0.25, -0.2) is 8.42 Å². The monoisotopic (exact) mass is 297 g/mol. The molecule has 0 aliphatic rings. The van der Waals surface area contributed by atoms with E-state index in [-0.39, 0.29) is 6.04 Å². The normalized spacial score (nSPS) is 14.3. The van der Waals surface area contributed by atoms with Crippen molar-refractivity contribution >= 4 is 9.84 Å². The minimum absolute atomic E-state index is 0.152. The highest BCUT2D eigenvalue weighted by Gasteiger charge is 2.17. The Kier molecular flexibility index (Phi) is 5.39. The van der Waals surface area contributed by atoms with Crippen LogP contribution < -0.4 is 5.32 Å². The molecule has 1 rings (SSSR count). The van der Waals surface area contributed by atoms with E-state index in [4.69, 9.17) is 0 Å². The summed E-state index contributed by atoms with van der Waals surface area (Å²) in [6, 6.07) is 5.65. The Morgan fingerprint density at radius 2 is 1.85 bits per heavy atom. The SMILES string of the molecule is Cc1c([C@@H](C)NCCC(C)(C)C)cccc1S(C)(=O)=O. The molecule has 0 aromatic heterocycles. The molecule has 1 aromatic carbocycles. The lowest BCUT2D eigenvalue weighted by atomic mass is 9.92. The van der Waals surface area contributed by atoms with Crippen LogP contribution in [-0.4, -0.2) is 21.2 Å². The van der Waals surface area contributed by atoms with E-state index in [2.05, 4.69) is 33.0 Å². The van der Waals surface area contributed by atoms with Crippen LogP contribution in [0.3, 0.4) is 0 Å². The smallest absolute Gasteiger partial charge is 0.175 e. The second-order valence-corrected chi connectivity index (χ2v) is 8.71. The molecule has 3 nitrogen and oxygen atoms in total. The van der Waals surface area contributed by atoms with Crippen molar-refractivity contribution in [2.24, 2.45) is 5.41 Å². The van der Waals surface area contributed by atoms with Crippen molar-refractivity contribution in [3.05, 3.63) is 29.3 Å². The van der Waals surface area contributed by atoms with Crippen molar-refractivity contribution in [1.82, 2.24) is 5.32 Å². The second-order valence-electron chi connectivity index (χ2n) is 6.73. The van der Waals surface area contributed by atoms with Crippen LogP contribution in [0.5, 0.6) is 0 Å². The fourth-order valence-corrected chi connectivity index (χ4v) is 3.28. The van der Waals surface area contributed by atoms with Gasteiger partial charge in [0.05, 0.1) is 4.90 Å². The summed E-state index contributed by atoms with van der Waals surface area (Å²) in [5, 5.41) is 3.48. The van der Waals surface area contributed by atoms with Crippen LogP contribution >= 0.6 is 0 Å². The Morgan fingerprint density at radius 1 is 1.25 bits per heavy atom. The van der Waals surface area contributed by atoms with E-state index >= 15 is 0 Å². The topological polar surface area (TPSA) is 46.2 Å². The largest absolute Gasteiger partial charge is 0.310 e. The summed E-state index contributed by atoms with van der Waals surface area (Å²) in [6.07, 6.45) is 2.35. The number of sulfone groups is 1. The fraction of sp³-hybridized carbons (Fsp3) is 0.625. The highest BCUT2D eigenvalue weighted by Crippen LogP contribution is 2.24. The van der Waals surface area contributed by atoms with Gasteiger partial charge in [0.2, 0.25) is 0 Å². The molecule has 20 heavy (non-hydrogen) atoms.